The molecule has 0 spiro atoms. The van der Waals surface area contributed by atoms with Crippen molar-refractivity contribution in [3.05, 3.63) is 75.0 Å². The number of fused-ring (bicyclic) bond motifs is 1. The molecule has 0 bridgehead atoms. The number of rotatable bonds is 4. The Morgan fingerprint density at radius 2 is 2.04 bits per heavy atom. The van der Waals surface area contributed by atoms with Crippen LogP contribution in [0, 0.1) is 6.92 Å². The fraction of sp³-hybridized carbons (Fsp3) is 0.150. The van der Waals surface area contributed by atoms with Crippen molar-refractivity contribution >= 4 is 35.1 Å². The lowest BCUT2D eigenvalue weighted by atomic mass is 10.0. The summed E-state index contributed by atoms with van der Waals surface area (Å²) >= 11 is 12.1. The lowest BCUT2D eigenvalue weighted by Crippen LogP contribution is -2.00. The Bertz CT molecular complexity index is 913. The Labute approximate surface area is 156 Å². The van der Waals surface area contributed by atoms with Crippen molar-refractivity contribution in [3.63, 3.8) is 0 Å². The van der Waals surface area contributed by atoms with Gasteiger partial charge >= 0.3 is 0 Å². The summed E-state index contributed by atoms with van der Waals surface area (Å²) in [4.78, 5) is 12.7. The summed E-state index contributed by atoms with van der Waals surface area (Å²) in [6.07, 6.45) is 1.62. The molecule has 0 aromatic heterocycles. The van der Waals surface area contributed by atoms with Gasteiger partial charge in [0, 0.05) is 16.1 Å². The minimum atomic E-state index is -0.176. The lowest BCUT2D eigenvalue weighted by molar-refractivity contribution is 0.101. The number of Topliss-reactive ketones (excluding diaryl/α,β-unsaturated/α-hetero) is 1. The smallest absolute Gasteiger partial charge is 0.232 e. The van der Waals surface area contributed by atoms with Crippen molar-refractivity contribution in [1.82, 2.24) is 0 Å². The van der Waals surface area contributed by atoms with Gasteiger partial charge in [-0.1, -0.05) is 35.8 Å². The summed E-state index contributed by atoms with van der Waals surface area (Å²) in [5, 5.41) is 0.985. The summed E-state index contributed by atoms with van der Waals surface area (Å²) < 4.78 is 11.4. The standard InChI is InChI=1S/C20H16Cl2O3/c1-11(2)10-24-15-6-12(3)19-17(9-15)25-18(20(19)23)7-13-4-5-14(21)8-16(13)22/h4-9H,1,10H2,2-3H3/b18-7-. The van der Waals surface area contributed by atoms with E-state index in [-0.39, 0.29) is 11.5 Å². The number of hydrogen-bond acceptors (Lipinski definition) is 3. The Morgan fingerprint density at radius 3 is 2.72 bits per heavy atom. The highest BCUT2D eigenvalue weighted by atomic mass is 35.5. The number of carbonyl (C=O) groups is 1. The van der Waals surface area contributed by atoms with Gasteiger partial charge in [0.1, 0.15) is 18.1 Å². The molecule has 0 N–H and O–H groups in total. The summed E-state index contributed by atoms with van der Waals surface area (Å²) in [6.45, 7) is 7.96. The van der Waals surface area contributed by atoms with Crippen LogP contribution in [0.2, 0.25) is 10.0 Å². The Kier molecular flexibility index (Phi) is 4.89. The summed E-state index contributed by atoms with van der Waals surface area (Å²) in [6, 6.07) is 8.61. The number of ether oxygens (including phenoxy) is 2. The average molecular weight is 375 g/mol. The van der Waals surface area contributed by atoms with Crippen molar-refractivity contribution in [1.29, 1.82) is 0 Å². The molecule has 25 heavy (non-hydrogen) atoms. The third-order valence-corrected chi connectivity index (χ3v) is 4.24. The van der Waals surface area contributed by atoms with E-state index in [0.29, 0.717) is 39.3 Å². The Morgan fingerprint density at radius 1 is 1.28 bits per heavy atom. The minimum Gasteiger partial charge on any atom is -0.489 e. The van der Waals surface area contributed by atoms with Gasteiger partial charge in [-0.15, -0.1) is 0 Å². The van der Waals surface area contributed by atoms with Crippen LogP contribution in [-0.4, -0.2) is 12.4 Å². The molecule has 2 aromatic rings. The van der Waals surface area contributed by atoms with Crippen LogP contribution in [0.3, 0.4) is 0 Å². The highest BCUT2D eigenvalue weighted by Crippen LogP contribution is 2.38. The molecule has 2 aromatic carbocycles. The lowest BCUT2D eigenvalue weighted by Gasteiger charge is -2.08. The normalized spacial score (nSPS) is 14.4. The fourth-order valence-electron chi connectivity index (χ4n) is 2.53. The van der Waals surface area contributed by atoms with Crippen LogP contribution in [0.4, 0.5) is 0 Å². The van der Waals surface area contributed by atoms with Crippen molar-refractivity contribution in [2.45, 2.75) is 13.8 Å². The maximum absolute atomic E-state index is 12.7. The molecule has 0 fully saturated rings. The molecule has 0 atom stereocenters. The SMILES string of the molecule is C=C(C)COc1cc(C)c2c(c1)O/C(=C\c1ccc(Cl)cc1Cl)C2=O. The van der Waals surface area contributed by atoms with Crippen molar-refractivity contribution < 1.29 is 14.3 Å². The van der Waals surface area contributed by atoms with Gasteiger partial charge in [0.05, 0.1) is 5.56 Å². The van der Waals surface area contributed by atoms with Crippen LogP contribution in [0.5, 0.6) is 11.5 Å². The number of halogens is 2. The van der Waals surface area contributed by atoms with Crippen LogP contribution in [0.15, 0.2) is 48.2 Å². The molecule has 3 nitrogen and oxygen atoms in total. The first-order chi connectivity index (χ1) is 11.8. The number of carbonyl (C=O) groups excluding carboxylic acids is 1. The summed E-state index contributed by atoms with van der Waals surface area (Å²) in [7, 11) is 0. The van der Waals surface area contributed by atoms with E-state index in [0.717, 1.165) is 11.1 Å². The van der Waals surface area contributed by atoms with E-state index < -0.39 is 0 Å². The average Bonchev–Trinajstić information content (AvgIpc) is 2.84. The van der Waals surface area contributed by atoms with Gasteiger partial charge in [-0.25, -0.2) is 0 Å². The largest absolute Gasteiger partial charge is 0.489 e. The minimum absolute atomic E-state index is 0.176. The van der Waals surface area contributed by atoms with E-state index in [1.54, 1.807) is 30.3 Å². The quantitative estimate of drug-likeness (QED) is 0.495. The van der Waals surface area contributed by atoms with Crippen LogP contribution in [0.1, 0.15) is 28.4 Å². The summed E-state index contributed by atoms with van der Waals surface area (Å²) in [5.74, 6) is 1.17. The van der Waals surface area contributed by atoms with Crippen molar-refractivity contribution in [2.75, 3.05) is 6.61 Å². The van der Waals surface area contributed by atoms with Crippen LogP contribution in [0.25, 0.3) is 6.08 Å². The third-order valence-electron chi connectivity index (χ3n) is 3.68. The molecule has 128 valence electrons. The molecule has 1 heterocycles. The van der Waals surface area contributed by atoms with E-state index in [4.69, 9.17) is 32.7 Å². The molecule has 5 heteroatoms. The van der Waals surface area contributed by atoms with Gasteiger partial charge in [0.15, 0.2) is 5.76 Å². The number of aryl methyl sites for hydroxylation is 1. The zero-order valence-electron chi connectivity index (χ0n) is 13.9. The third kappa shape index (κ3) is 3.73. The van der Waals surface area contributed by atoms with E-state index in [9.17, 15) is 4.79 Å². The predicted molar refractivity (Wildman–Crippen MR) is 101 cm³/mol. The second kappa shape index (κ2) is 6.95. The molecule has 0 saturated heterocycles. The second-order valence-corrected chi connectivity index (χ2v) is 6.81. The van der Waals surface area contributed by atoms with Gasteiger partial charge < -0.3 is 9.47 Å². The van der Waals surface area contributed by atoms with E-state index in [2.05, 4.69) is 6.58 Å². The zero-order valence-corrected chi connectivity index (χ0v) is 15.4. The monoisotopic (exact) mass is 374 g/mol. The first-order valence-corrected chi connectivity index (χ1v) is 8.42. The van der Waals surface area contributed by atoms with Crippen molar-refractivity contribution in [3.8, 4) is 11.5 Å². The van der Waals surface area contributed by atoms with E-state index in [1.165, 1.54) is 0 Å². The second-order valence-electron chi connectivity index (χ2n) is 5.96. The molecule has 0 amide bonds. The molecular formula is C20H16Cl2O3. The maximum Gasteiger partial charge on any atom is 0.232 e. The number of benzene rings is 2. The number of hydrogen-bond donors (Lipinski definition) is 0. The Hall–Kier alpha value is -2.23. The topological polar surface area (TPSA) is 35.5 Å². The molecule has 0 radical (unpaired) electrons. The van der Waals surface area contributed by atoms with Crippen molar-refractivity contribution in [2.24, 2.45) is 0 Å². The molecule has 3 rings (SSSR count). The molecular weight excluding hydrogens is 359 g/mol. The fourth-order valence-corrected chi connectivity index (χ4v) is 2.99. The van der Waals surface area contributed by atoms with Crippen LogP contribution >= 0.6 is 23.2 Å². The zero-order chi connectivity index (χ0) is 18.1. The highest BCUT2D eigenvalue weighted by molar-refractivity contribution is 6.35. The first-order valence-electron chi connectivity index (χ1n) is 7.66. The predicted octanol–water partition coefficient (Wildman–Crippen LogP) is 5.87. The van der Waals surface area contributed by atoms with Gasteiger partial charge in [-0.05, 0) is 54.8 Å². The molecule has 1 aliphatic heterocycles. The van der Waals surface area contributed by atoms with Gasteiger partial charge in [0.2, 0.25) is 5.78 Å². The van der Waals surface area contributed by atoms with Gasteiger partial charge in [-0.3, -0.25) is 4.79 Å². The van der Waals surface area contributed by atoms with E-state index in [1.807, 2.05) is 19.9 Å². The van der Waals surface area contributed by atoms with E-state index >= 15 is 0 Å². The number of allylic oxidation sites excluding steroid dienone is 1. The van der Waals surface area contributed by atoms with Crippen LogP contribution < -0.4 is 9.47 Å². The molecule has 0 saturated carbocycles. The molecule has 0 unspecified atom stereocenters. The molecule has 0 aliphatic carbocycles. The maximum atomic E-state index is 12.7. The highest BCUT2D eigenvalue weighted by Gasteiger charge is 2.30. The number of ketones is 1. The summed E-state index contributed by atoms with van der Waals surface area (Å²) in [5.41, 5.74) is 2.91. The molecule has 1 aliphatic rings. The Balaban J connectivity index is 1.93. The van der Waals surface area contributed by atoms with Crippen LogP contribution in [-0.2, 0) is 0 Å². The van der Waals surface area contributed by atoms with Gasteiger partial charge in [0.25, 0.3) is 0 Å². The first kappa shape index (κ1) is 17.6. The van der Waals surface area contributed by atoms with Gasteiger partial charge in [-0.2, -0.15) is 0 Å².